The third-order valence-corrected chi connectivity index (χ3v) is 3.55. The van der Waals surface area contributed by atoms with E-state index in [0.29, 0.717) is 30.5 Å². The molecule has 0 aliphatic carbocycles. The summed E-state index contributed by atoms with van der Waals surface area (Å²) >= 11 is 0. The summed E-state index contributed by atoms with van der Waals surface area (Å²) in [5, 5.41) is 0. The Balaban J connectivity index is 1.94. The second-order valence-corrected chi connectivity index (χ2v) is 5.69. The number of rotatable bonds is 10. The first-order chi connectivity index (χ1) is 13.6. The summed E-state index contributed by atoms with van der Waals surface area (Å²) in [4.78, 5) is 23.2. The molecular formula is C21H24O7. The zero-order chi connectivity index (χ0) is 20.4. The van der Waals surface area contributed by atoms with Gasteiger partial charge in [0.25, 0.3) is 0 Å². The number of furan rings is 1. The first-order valence-electron chi connectivity index (χ1n) is 8.98. The minimum absolute atomic E-state index is 0.0536. The maximum absolute atomic E-state index is 11.9. The van der Waals surface area contributed by atoms with Crippen LogP contribution >= 0.6 is 0 Å². The van der Waals surface area contributed by atoms with Crippen LogP contribution in [0.2, 0.25) is 0 Å². The molecule has 0 fully saturated rings. The monoisotopic (exact) mass is 388 g/mol. The number of hydrogen-bond acceptors (Lipinski definition) is 7. The summed E-state index contributed by atoms with van der Waals surface area (Å²) in [5.74, 6) is 0.561. The van der Waals surface area contributed by atoms with Crippen LogP contribution in [0.25, 0.3) is 6.08 Å². The number of methoxy groups -OCH3 is 1. The molecule has 0 amide bonds. The average Bonchev–Trinajstić information content (AvgIpc) is 3.18. The molecule has 0 saturated carbocycles. The third kappa shape index (κ3) is 6.19. The molecule has 0 radical (unpaired) electrons. The van der Waals surface area contributed by atoms with Gasteiger partial charge in [-0.25, -0.2) is 9.59 Å². The lowest BCUT2D eigenvalue weighted by Gasteiger charge is -2.12. The highest BCUT2D eigenvalue weighted by molar-refractivity contribution is 5.87. The molecule has 28 heavy (non-hydrogen) atoms. The van der Waals surface area contributed by atoms with E-state index in [9.17, 15) is 9.59 Å². The van der Waals surface area contributed by atoms with Gasteiger partial charge in [-0.15, -0.1) is 0 Å². The van der Waals surface area contributed by atoms with E-state index < -0.39 is 11.9 Å². The Labute approximate surface area is 163 Å². The molecule has 0 N–H and O–H groups in total. The second-order valence-electron chi connectivity index (χ2n) is 5.69. The van der Waals surface area contributed by atoms with Crippen LogP contribution in [0.15, 0.2) is 40.8 Å². The molecule has 0 saturated heterocycles. The molecule has 1 aromatic heterocycles. The van der Waals surface area contributed by atoms with Crippen LogP contribution in [-0.2, 0) is 20.9 Å². The van der Waals surface area contributed by atoms with Crippen LogP contribution in [0.4, 0.5) is 0 Å². The number of esters is 2. The topological polar surface area (TPSA) is 84.2 Å². The normalized spacial score (nSPS) is 10.7. The molecule has 0 atom stereocenters. The maximum Gasteiger partial charge on any atom is 0.373 e. The summed E-state index contributed by atoms with van der Waals surface area (Å²) in [6.45, 7) is 4.94. The molecule has 0 aliphatic heterocycles. The van der Waals surface area contributed by atoms with Gasteiger partial charge in [0.2, 0.25) is 5.76 Å². The van der Waals surface area contributed by atoms with E-state index in [1.807, 2.05) is 26.0 Å². The zero-order valence-corrected chi connectivity index (χ0v) is 16.2. The molecule has 7 heteroatoms. The molecule has 1 aromatic carbocycles. The number of benzene rings is 1. The van der Waals surface area contributed by atoms with Gasteiger partial charge < -0.3 is 23.4 Å². The van der Waals surface area contributed by atoms with Gasteiger partial charge in [0, 0.05) is 6.08 Å². The van der Waals surface area contributed by atoms with Crippen molar-refractivity contribution >= 4 is 18.0 Å². The van der Waals surface area contributed by atoms with Crippen molar-refractivity contribution in [1.29, 1.82) is 0 Å². The molecule has 2 rings (SSSR count). The van der Waals surface area contributed by atoms with Crippen molar-refractivity contribution in [2.75, 3.05) is 20.3 Å². The Morgan fingerprint density at radius 1 is 1.07 bits per heavy atom. The Bertz CT molecular complexity index is 820. The Morgan fingerprint density at radius 2 is 1.89 bits per heavy atom. The van der Waals surface area contributed by atoms with Crippen LogP contribution in [0.3, 0.4) is 0 Å². The predicted octanol–water partition coefficient (Wildman–Crippen LogP) is 4.01. The average molecular weight is 388 g/mol. The van der Waals surface area contributed by atoms with Gasteiger partial charge in [-0.3, -0.25) is 0 Å². The number of carbonyl (C=O) groups is 2. The summed E-state index contributed by atoms with van der Waals surface area (Å²) in [5.41, 5.74) is 0.773. The highest BCUT2D eigenvalue weighted by Gasteiger charge is 2.12. The molecule has 0 spiro atoms. The summed E-state index contributed by atoms with van der Waals surface area (Å²) in [7, 11) is 1.26. The highest BCUT2D eigenvalue weighted by Crippen LogP contribution is 2.29. The van der Waals surface area contributed by atoms with E-state index >= 15 is 0 Å². The molecule has 2 aromatic rings. The van der Waals surface area contributed by atoms with Crippen molar-refractivity contribution in [3.05, 3.63) is 53.5 Å². The van der Waals surface area contributed by atoms with E-state index in [1.54, 1.807) is 18.2 Å². The van der Waals surface area contributed by atoms with Crippen LogP contribution in [-0.4, -0.2) is 32.3 Å². The zero-order valence-electron chi connectivity index (χ0n) is 16.2. The Morgan fingerprint density at radius 3 is 2.61 bits per heavy atom. The summed E-state index contributed by atoms with van der Waals surface area (Å²) < 4.78 is 26.1. The van der Waals surface area contributed by atoms with Gasteiger partial charge >= 0.3 is 11.9 Å². The quantitative estimate of drug-likeness (QED) is 0.449. The molecule has 0 unspecified atom stereocenters. The lowest BCUT2D eigenvalue weighted by atomic mass is 10.2. The molecule has 0 aliphatic rings. The van der Waals surface area contributed by atoms with Gasteiger partial charge in [-0.05, 0) is 49.2 Å². The van der Waals surface area contributed by atoms with Crippen molar-refractivity contribution in [2.24, 2.45) is 0 Å². The van der Waals surface area contributed by atoms with E-state index in [0.717, 1.165) is 12.0 Å². The maximum atomic E-state index is 11.9. The Hall–Kier alpha value is -3.22. The van der Waals surface area contributed by atoms with Gasteiger partial charge in [-0.2, -0.15) is 0 Å². The molecule has 0 bridgehead atoms. The van der Waals surface area contributed by atoms with E-state index in [4.69, 9.17) is 18.6 Å². The fourth-order valence-electron chi connectivity index (χ4n) is 2.25. The van der Waals surface area contributed by atoms with Gasteiger partial charge in [0.1, 0.15) is 12.4 Å². The van der Waals surface area contributed by atoms with Gasteiger partial charge in [0.15, 0.2) is 11.5 Å². The first kappa shape index (κ1) is 21.1. The van der Waals surface area contributed by atoms with Crippen LogP contribution in [0, 0.1) is 0 Å². The first-order valence-corrected chi connectivity index (χ1v) is 8.98. The predicted molar refractivity (Wildman–Crippen MR) is 102 cm³/mol. The lowest BCUT2D eigenvalue weighted by molar-refractivity contribution is -0.139. The minimum atomic E-state index is -0.589. The standard InChI is InChI=1S/C21H24O7/c1-4-12-26-17-9-6-15(13-19(17)25-5-2)7-11-20(22)27-14-16-8-10-18(28-16)21(23)24-3/h6-11,13H,4-5,12,14H2,1-3H3/b11-7+. The molecule has 1 heterocycles. The van der Waals surface area contributed by atoms with E-state index in [-0.39, 0.29) is 12.4 Å². The number of hydrogen-bond donors (Lipinski definition) is 0. The highest BCUT2D eigenvalue weighted by atomic mass is 16.6. The number of ether oxygens (including phenoxy) is 4. The Kier molecular flexibility index (Phi) is 8.14. The summed E-state index contributed by atoms with van der Waals surface area (Å²) in [6.07, 6.45) is 3.83. The smallest absolute Gasteiger partial charge is 0.373 e. The van der Waals surface area contributed by atoms with Crippen molar-refractivity contribution in [3.63, 3.8) is 0 Å². The van der Waals surface area contributed by atoms with Crippen molar-refractivity contribution in [3.8, 4) is 11.5 Å². The fourth-order valence-corrected chi connectivity index (χ4v) is 2.25. The molecule has 7 nitrogen and oxygen atoms in total. The minimum Gasteiger partial charge on any atom is -0.490 e. The van der Waals surface area contributed by atoms with E-state index in [1.165, 1.54) is 19.3 Å². The van der Waals surface area contributed by atoms with Crippen molar-refractivity contribution < 1.29 is 33.0 Å². The fraction of sp³-hybridized carbons (Fsp3) is 0.333. The number of carbonyl (C=O) groups excluding carboxylic acids is 2. The van der Waals surface area contributed by atoms with Crippen LogP contribution < -0.4 is 9.47 Å². The lowest BCUT2D eigenvalue weighted by Crippen LogP contribution is -2.01. The second kappa shape index (κ2) is 10.8. The van der Waals surface area contributed by atoms with Crippen LogP contribution in [0.1, 0.15) is 42.1 Å². The summed E-state index contributed by atoms with van der Waals surface area (Å²) in [6, 6.07) is 8.44. The third-order valence-electron chi connectivity index (χ3n) is 3.55. The molecule has 150 valence electrons. The van der Waals surface area contributed by atoms with Gasteiger partial charge in [-0.1, -0.05) is 13.0 Å². The van der Waals surface area contributed by atoms with Crippen LogP contribution in [0.5, 0.6) is 11.5 Å². The van der Waals surface area contributed by atoms with Crippen molar-refractivity contribution in [1.82, 2.24) is 0 Å². The SMILES string of the molecule is CCCOc1ccc(/C=C/C(=O)OCc2ccc(C(=O)OC)o2)cc1OCC. The largest absolute Gasteiger partial charge is 0.490 e. The van der Waals surface area contributed by atoms with E-state index in [2.05, 4.69) is 4.74 Å². The van der Waals surface area contributed by atoms with Gasteiger partial charge in [0.05, 0.1) is 20.3 Å². The molecular weight excluding hydrogens is 364 g/mol. The van der Waals surface area contributed by atoms with Crippen molar-refractivity contribution in [2.45, 2.75) is 26.9 Å².